The summed E-state index contributed by atoms with van der Waals surface area (Å²) in [6, 6.07) is 10.5. The fourth-order valence-electron chi connectivity index (χ4n) is 6.39. The van der Waals surface area contributed by atoms with Crippen LogP contribution in [-0.2, 0) is 19.9 Å². The smallest absolute Gasteiger partial charge is 0.250 e. The van der Waals surface area contributed by atoms with Crippen LogP contribution < -0.4 is 15.0 Å². The number of nitrogens with one attached hydrogen (secondary N) is 1. The molecule has 2 aromatic carbocycles. The first-order valence-electron chi connectivity index (χ1n) is 10.8. The minimum Gasteiger partial charge on any atom is -0.495 e. The van der Waals surface area contributed by atoms with Crippen molar-refractivity contribution < 1.29 is 19.1 Å². The molecule has 2 aromatic rings. The van der Waals surface area contributed by atoms with Gasteiger partial charge in [-0.25, -0.2) is 4.90 Å². The van der Waals surface area contributed by atoms with Crippen LogP contribution in [-0.4, -0.2) is 42.3 Å². The summed E-state index contributed by atoms with van der Waals surface area (Å²) in [4.78, 5) is 44.8. The number of imide groups is 1. The zero-order chi connectivity index (χ0) is 22.4. The molecule has 3 fully saturated rings. The van der Waals surface area contributed by atoms with Gasteiger partial charge in [-0.15, -0.1) is 0 Å². The standard InChI is InChI=1S/C24H22ClN3O4/c1-12-5-7-15-14(10-12)24(23(31)26-15)20-19(16-4-3-9-27(16)24)21(29)28(22(20)30)17-11-13(25)6-8-18(17)32-2/h5-8,10-11,16,19-20H,3-4,9H2,1-2H3,(H,26,31). The second kappa shape index (κ2) is 6.56. The van der Waals surface area contributed by atoms with Crippen molar-refractivity contribution in [3.8, 4) is 5.75 Å². The molecule has 1 spiro atoms. The molecule has 7 nitrogen and oxygen atoms in total. The molecule has 4 atom stereocenters. The molecular formula is C24H22ClN3O4. The number of rotatable bonds is 2. The molecule has 3 amide bonds. The maximum Gasteiger partial charge on any atom is 0.250 e. The fraction of sp³-hybridized carbons (Fsp3) is 0.375. The Hall–Kier alpha value is -2.90. The number of anilines is 2. The lowest BCUT2D eigenvalue weighted by atomic mass is 9.75. The lowest BCUT2D eigenvalue weighted by Crippen LogP contribution is -2.54. The average Bonchev–Trinajstić information content (AvgIpc) is 3.46. The summed E-state index contributed by atoms with van der Waals surface area (Å²) in [7, 11) is 1.49. The topological polar surface area (TPSA) is 79.0 Å². The molecule has 32 heavy (non-hydrogen) atoms. The van der Waals surface area contributed by atoms with Crippen molar-refractivity contribution in [2.45, 2.75) is 31.3 Å². The van der Waals surface area contributed by atoms with Crippen molar-refractivity contribution in [2.24, 2.45) is 11.8 Å². The third-order valence-electron chi connectivity index (χ3n) is 7.53. The predicted octanol–water partition coefficient (Wildman–Crippen LogP) is 3.09. The number of amides is 3. The van der Waals surface area contributed by atoms with Crippen LogP contribution >= 0.6 is 11.6 Å². The van der Waals surface area contributed by atoms with Crippen LogP contribution in [0.1, 0.15) is 24.0 Å². The number of fused-ring (bicyclic) bond motifs is 7. The van der Waals surface area contributed by atoms with Crippen molar-refractivity contribution in [3.63, 3.8) is 0 Å². The number of benzene rings is 2. The summed E-state index contributed by atoms with van der Waals surface area (Å²) in [5, 5.41) is 3.39. The van der Waals surface area contributed by atoms with Crippen LogP contribution in [0.25, 0.3) is 0 Å². The first-order valence-corrected chi connectivity index (χ1v) is 11.2. The van der Waals surface area contributed by atoms with Crippen LogP contribution in [0.15, 0.2) is 36.4 Å². The van der Waals surface area contributed by atoms with Gasteiger partial charge in [0.25, 0.3) is 0 Å². The van der Waals surface area contributed by atoms with E-state index in [-0.39, 0.29) is 23.8 Å². The second-order valence-corrected chi connectivity index (χ2v) is 9.44. The number of hydrogen-bond donors (Lipinski definition) is 1. The summed E-state index contributed by atoms with van der Waals surface area (Å²) in [6.07, 6.45) is 1.66. The van der Waals surface area contributed by atoms with E-state index in [1.165, 1.54) is 12.0 Å². The minimum absolute atomic E-state index is 0.163. The van der Waals surface area contributed by atoms with Gasteiger partial charge >= 0.3 is 0 Å². The average molecular weight is 452 g/mol. The van der Waals surface area contributed by atoms with Gasteiger partial charge in [-0.1, -0.05) is 29.3 Å². The molecule has 3 saturated heterocycles. The second-order valence-electron chi connectivity index (χ2n) is 9.00. The molecule has 6 rings (SSSR count). The minimum atomic E-state index is -1.18. The van der Waals surface area contributed by atoms with Gasteiger partial charge in [-0.3, -0.25) is 19.3 Å². The SMILES string of the molecule is COc1ccc(Cl)cc1N1C(=O)C2C3CCCN3C3(C(=O)Nc4ccc(C)cc43)C2C1=O. The number of halogens is 1. The van der Waals surface area contributed by atoms with Crippen LogP contribution in [0.2, 0.25) is 5.02 Å². The van der Waals surface area contributed by atoms with Crippen molar-refractivity contribution in [1.29, 1.82) is 0 Å². The molecule has 4 heterocycles. The molecular weight excluding hydrogens is 430 g/mol. The van der Waals surface area contributed by atoms with Crippen LogP contribution in [0.3, 0.4) is 0 Å². The Morgan fingerprint density at radius 1 is 1.12 bits per heavy atom. The third-order valence-corrected chi connectivity index (χ3v) is 7.76. The Labute approximate surface area is 190 Å². The molecule has 0 saturated carbocycles. The Balaban J connectivity index is 1.57. The van der Waals surface area contributed by atoms with Crippen molar-refractivity contribution >= 4 is 40.7 Å². The van der Waals surface area contributed by atoms with E-state index in [1.54, 1.807) is 18.2 Å². The zero-order valence-electron chi connectivity index (χ0n) is 17.7. The Morgan fingerprint density at radius 2 is 1.94 bits per heavy atom. The van der Waals surface area contributed by atoms with Crippen molar-refractivity contribution in [2.75, 3.05) is 23.9 Å². The van der Waals surface area contributed by atoms with E-state index < -0.39 is 17.4 Å². The van der Waals surface area contributed by atoms with E-state index in [0.717, 1.165) is 24.0 Å². The van der Waals surface area contributed by atoms with Gasteiger partial charge in [-0.05, 0) is 50.6 Å². The molecule has 4 aliphatic heterocycles. The fourth-order valence-corrected chi connectivity index (χ4v) is 6.56. The van der Waals surface area contributed by atoms with Crippen LogP contribution in [0.5, 0.6) is 5.75 Å². The summed E-state index contributed by atoms with van der Waals surface area (Å²) in [6.45, 7) is 2.65. The van der Waals surface area contributed by atoms with E-state index in [9.17, 15) is 14.4 Å². The summed E-state index contributed by atoms with van der Waals surface area (Å²) < 4.78 is 5.43. The molecule has 8 heteroatoms. The van der Waals surface area contributed by atoms with Crippen LogP contribution in [0.4, 0.5) is 11.4 Å². The highest BCUT2D eigenvalue weighted by Crippen LogP contribution is 2.61. The van der Waals surface area contributed by atoms with Gasteiger partial charge in [0, 0.05) is 22.3 Å². The molecule has 4 unspecified atom stereocenters. The molecule has 0 aliphatic carbocycles. The molecule has 0 bridgehead atoms. The van der Waals surface area contributed by atoms with Crippen molar-refractivity contribution in [1.82, 2.24) is 4.90 Å². The normalized spacial score (nSPS) is 30.7. The maximum atomic E-state index is 14.0. The summed E-state index contributed by atoms with van der Waals surface area (Å²) >= 11 is 6.21. The van der Waals surface area contributed by atoms with E-state index in [4.69, 9.17) is 16.3 Å². The molecule has 1 N–H and O–H groups in total. The molecule has 164 valence electrons. The monoisotopic (exact) mass is 451 g/mol. The van der Waals surface area contributed by atoms with E-state index >= 15 is 0 Å². The van der Waals surface area contributed by atoms with Gasteiger partial charge < -0.3 is 10.1 Å². The van der Waals surface area contributed by atoms with Crippen molar-refractivity contribution in [3.05, 3.63) is 52.5 Å². The lowest BCUT2D eigenvalue weighted by Gasteiger charge is -2.36. The number of methoxy groups -OCH3 is 1. The van der Waals surface area contributed by atoms with Crippen LogP contribution in [0, 0.1) is 18.8 Å². The van der Waals surface area contributed by atoms with E-state index in [0.29, 0.717) is 28.7 Å². The first-order chi connectivity index (χ1) is 15.4. The number of aryl methyl sites for hydroxylation is 1. The predicted molar refractivity (Wildman–Crippen MR) is 119 cm³/mol. The lowest BCUT2D eigenvalue weighted by molar-refractivity contribution is -0.135. The number of ether oxygens (including phenoxy) is 1. The van der Waals surface area contributed by atoms with Gasteiger partial charge in [0.1, 0.15) is 11.3 Å². The zero-order valence-corrected chi connectivity index (χ0v) is 18.5. The largest absolute Gasteiger partial charge is 0.495 e. The number of hydrogen-bond acceptors (Lipinski definition) is 5. The number of carbonyl (C=O) groups is 3. The summed E-state index contributed by atoms with van der Waals surface area (Å²) in [5.41, 5.74) is 1.66. The highest BCUT2D eigenvalue weighted by atomic mass is 35.5. The quantitative estimate of drug-likeness (QED) is 0.710. The highest BCUT2D eigenvalue weighted by molar-refractivity contribution is 6.32. The van der Waals surface area contributed by atoms with E-state index in [2.05, 4.69) is 10.2 Å². The van der Waals surface area contributed by atoms with Gasteiger partial charge in [0.15, 0.2) is 0 Å². The molecule has 0 radical (unpaired) electrons. The molecule has 4 aliphatic rings. The van der Waals surface area contributed by atoms with Gasteiger partial charge in [0.05, 0.1) is 24.6 Å². The maximum absolute atomic E-state index is 14.0. The summed E-state index contributed by atoms with van der Waals surface area (Å²) in [5.74, 6) is -1.89. The molecule has 0 aromatic heterocycles. The van der Waals surface area contributed by atoms with Gasteiger partial charge in [-0.2, -0.15) is 0 Å². The Bertz CT molecular complexity index is 1210. The Kier molecular flexibility index (Phi) is 4.05. The number of carbonyl (C=O) groups excluding carboxylic acids is 3. The Morgan fingerprint density at radius 3 is 2.72 bits per heavy atom. The van der Waals surface area contributed by atoms with E-state index in [1.807, 2.05) is 25.1 Å². The van der Waals surface area contributed by atoms with Gasteiger partial charge in [0.2, 0.25) is 17.7 Å². The number of nitrogens with zero attached hydrogens (tertiary/aromatic N) is 2. The first kappa shape index (κ1) is 19.8. The highest BCUT2D eigenvalue weighted by Gasteiger charge is 2.74. The third kappa shape index (κ3) is 2.22.